The smallest absolute Gasteiger partial charge is 0.183 e. The van der Waals surface area contributed by atoms with Crippen LogP contribution in [0.25, 0.3) is 0 Å². The summed E-state index contributed by atoms with van der Waals surface area (Å²) in [5.41, 5.74) is 3.05. The van der Waals surface area contributed by atoms with Gasteiger partial charge in [0.2, 0.25) is 0 Å². The van der Waals surface area contributed by atoms with Crippen LogP contribution in [0.5, 0.6) is 0 Å². The summed E-state index contributed by atoms with van der Waals surface area (Å²) in [5, 5.41) is 0. The normalized spacial score (nSPS) is 14.8. The van der Waals surface area contributed by atoms with E-state index in [1.807, 2.05) is 60.7 Å². The third kappa shape index (κ3) is 2.68. The first-order valence-corrected chi connectivity index (χ1v) is 7.25. The van der Waals surface area contributed by atoms with Gasteiger partial charge < -0.3 is 0 Å². The van der Waals surface area contributed by atoms with Crippen molar-refractivity contribution in [2.75, 3.05) is 0 Å². The Morgan fingerprint density at radius 3 is 1.68 bits per heavy atom. The van der Waals surface area contributed by atoms with Crippen molar-refractivity contribution in [3.05, 3.63) is 95.1 Å². The van der Waals surface area contributed by atoms with Crippen LogP contribution in [0.2, 0.25) is 0 Å². The highest BCUT2D eigenvalue weighted by atomic mass is 16.1. The van der Waals surface area contributed by atoms with E-state index in [1.54, 1.807) is 6.92 Å². The van der Waals surface area contributed by atoms with Gasteiger partial charge in [-0.2, -0.15) is 0 Å². The highest BCUT2D eigenvalue weighted by molar-refractivity contribution is 6.20. The van der Waals surface area contributed by atoms with E-state index in [4.69, 9.17) is 0 Å². The maximum atomic E-state index is 12.4. The van der Waals surface area contributed by atoms with Crippen molar-refractivity contribution in [2.45, 2.75) is 12.8 Å². The molecule has 0 amide bonds. The molecular formula is C20H16O2. The van der Waals surface area contributed by atoms with Gasteiger partial charge in [0.05, 0.1) is 0 Å². The summed E-state index contributed by atoms with van der Waals surface area (Å²) in [6.45, 7) is 1.67. The van der Waals surface area contributed by atoms with Crippen LogP contribution in [-0.2, 0) is 9.59 Å². The third-order valence-corrected chi connectivity index (χ3v) is 3.88. The Kier molecular flexibility index (Phi) is 3.84. The molecule has 0 radical (unpaired) electrons. The van der Waals surface area contributed by atoms with Gasteiger partial charge in [0.1, 0.15) is 0 Å². The number of carbonyl (C=O) groups is 2. The molecule has 2 nitrogen and oxygen atoms in total. The number of benzene rings is 2. The van der Waals surface area contributed by atoms with E-state index >= 15 is 0 Å². The van der Waals surface area contributed by atoms with Crippen LogP contribution in [0.1, 0.15) is 24.0 Å². The molecule has 0 aromatic heterocycles. The summed E-state index contributed by atoms with van der Waals surface area (Å²) < 4.78 is 0. The first-order chi connectivity index (χ1) is 10.7. The van der Waals surface area contributed by atoms with Gasteiger partial charge in [-0.3, -0.25) is 9.59 Å². The minimum atomic E-state index is -0.219. The topological polar surface area (TPSA) is 34.1 Å². The molecule has 2 aromatic rings. The lowest BCUT2D eigenvalue weighted by Crippen LogP contribution is -2.18. The Morgan fingerprint density at radius 1 is 0.682 bits per heavy atom. The molecule has 2 heteroatoms. The van der Waals surface area contributed by atoms with Gasteiger partial charge in [0, 0.05) is 17.1 Å². The average Bonchev–Trinajstić information content (AvgIpc) is 2.55. The summed E-state index contributed by atoms with van der Waals surface area (Å²) >= 11 is 0. The van der Waals surface area contributed by atoms with E-state index in [1.165, 1.54) is 12.2 Å². The van der Waals surface area contributed by atoms with Crippen molar-refractivity contribution < 1.29 is 9.59 Å². The van der Waals surface area contributed by atoms with Gasteiger partial charge in [-0.25, -0.2) is 0 Å². The fraction of sp³-hybridized carbons (Fsp3) is 0.100. The maximum Gasteiger partial charge on any atom is 0.183 e. The molecule has 0 atom stereocenters. The maximum absolute atomic E-state index is 12.4. The van der Waals surface area contributed by atoms with Gasteiger partial charge in [0.15, 0.2) is 11.6 Å². The van der Waals surface area contributed by atoms with Crippen LogP contribution in [-0.4, -0.2) is 11.6 Å². The van der Waals surface area contributed by atoms with E-state index < -0.39 is 0 Å². The monoisotopic (exact) mass is 288 g/mol. The third-order valence-electron chi connectivity index (χ3n) is 3.88. The predicted molar refractivity (Wildman–Crippen MR) is 86.6 cm³/mol. The number of carbonyl (C=O) groups excluding carboxylic acids is 2. The van der Waals surface area contributed by atoms with E-state index in [-0.39, 0.29) is 17.5 Å². The highest BCUT2D eigenvalue weighted by Gasteiger charge is 2.27. The van der Waals surface area contributed by atoms with Crippen molar-refractivity contribution in [3.63, 3.8) is 0 Å². The minimum absolute atomic E-state index is 0.0881. The lowest BCUT2D eigenvalue weighted by Gasteiger charge is -2.22. The Bertz CT molecular complexity index is 728. The highest BCUT2D eigenvalue weighted by Crippen LogP contribution is 2.34. The summed E-state index contributed by atoms with van der Waals surface area (Å²) in [4.78, 5) is 24.5. The molecule has 0 fully saturated rings. The average molecular weight is 288 g/mol. The summed E-state index contributed by atoms with van der Waals surface area (Å²) in [6, 6.07) is 19.6. The van der Waals surface area contributed by atoms with E-state index in [9.17, 15) is 9.59 Å². The van der Waals surface area contributed by atoms with Gasteiger partial charge in [-0.05, 0) is 30.2 Å². The first-order valence-electron chi connectivity index (χ1n) is 7.25. The van der Waals surface area contributed by atoms with E-state index in [0.29, 0.717) is 11.1 Å². The molecule has 2 aromatic carbocycles. The predicted octanol–water partition coefficient (Wildman–Crippen LogP) is 3.84. The number of ketones is 2. The van der Waals surface area contributed by atoms with Crippen LogP contribution in [0.3, 0.4) is 0 Å². The first kappa shape index (κ1) is 14.2. The quantitative estimate of drug-likeness (QED) is 0.804. The van der Waals surface area contributed by atoms with Crippen LogP contribution >= 0.6 is 0 Å². The Hall–Kier alpha value is -2.74. The van der Waals surface area contributed by atoms with Crippen LogP contribution in [0.15, 0.2) is 84.0 Å². The van der Waals surface area contributed by atoms with Crippen molar-refractivity contribution in [3.8, 4) is 0 Å². The Morgan fingerprint density at radius 2 is 1.18 bits per heavy atom. The van der Waals surface area contributed by atoms with Gasteiger partial charge in [0.25, 0.3) is 0 Å². The lowest BCUT2D eigenvalue weighted by molar-refractivity contribution is -0.115. The number of hydrogen-bond acceptors (Lipinski definition) is 2. The standard InChI is InChI=1S/C20H16O2/c1-14-12-19(22)17(13-18(14)21)20(15-8-4-2-5-9-15)16-10-6-3-7-11-16/h2-13,20H,1H3. The molecule has 1 aliphatic carbocycles. The molecule has 0 bridgehead atoms. The second-order valence-corrected chi connectivity index (χ2v) is 5.41. The van der Waals surface area contributed by atoms with E-state index in [0.717, 1.165) is 11.1 Å². The number of rotatable bonds is 3. The molecule has 0 saturated heterocycles. The van der Waals surface area contributed by atoms with Crippen molar-refractivity contribution >= 4 is 11.6 Å². The summed E-state index contributed by atoms with van der Waals surface area (Å²) in [5.74, 6) is -0.399. The molecule has 1 aliphatic rings. The molecule has 0 N–H and O–H groups in total. The summed E-state index contributed by atoms with van der Waals surface area (Å²) in [7, 11) is 0. The Balaban J connectivity index is 2.13. The minimum Gasteiger partial charge on any atom is -0.290 e. The van der Waals surface area contributed by atoms with Crippen molar-refractivity contribution in [1.29, 1.82) is 0 Å². The van der Waals surface area contributed by atoms with Gasteiger partial charge in [-0.1, -0.05) is 60.7 Å². The Labute approximate surface area is 129 Å². The van der Waals surface area contributed by atoms with Gasteiger partial charge >= 0.3 is 0 Å². The van der Waals surface area contributed by atoms with Gasteiger partial charge in [-0.15, -0.1) is 0 Å². The molecule has 0 aliphatic heterocycles. The molecule has 22 heavy (non-hydrogen) atoms. The molecule has 0 spiro atoms. The SMILES string of the molecule is CC1=CC(=O)C(C(c2ccccc2)c2ccccc2)=CC1=O. The zero-order chi connectivity index (χ0) is 15.5. The fourth-order valence-corrected chi connectivity index (χ4v) is 2.75. The zero-order valence-electron chi connectivity index (χ0n) is 12.3. The second-order valence-electron chi connectivity index (χ2n) is 5.41. The van der Waals surface area contributed by atoms with E-state index in [2.05, 4.69) is 0 Å². The molecule has 0 unspecified atom stereocenters. The van der Waals surface area contributed by atoms with Crippen molar-refractivity contribution in [1.82, 2.24) is 0 Å². The number of hydrogen-bond donors (Lipinski definition) is 0. The largest absolute Gasteiger partial charge is 0.290 e. The number of allylic oxidation sites excluding steroid dienone is 4. The van der Waals surface area contributed by atoms with Crippen LogP contribution in [0, 0.1) is 0 Å². The van der Waals surface area contributed by atoms with Crippen LogP contribution in [0.4, 0.5) is 0 Å². The fourth-order valence-electron chi connectivity index (χ4n) is 2.75. The second kappa shape index (κ2) is 5.94. The van der Waals surface area contributed by atoms with Crippen molar-refractivity contribution in [2.24, 2.45) is 0 Å². The lowest BCUT2D eigenvalue weighted by atomic mass is 9.80. The zero-order valence-corrected chi connectivity index (χ0v) is 12.3. The molecule has 3 rings (SSSR count). The molecule has 0 heterocycles. The summed E-state index contributed by atoms with van der Waals surface area (Å²) in [6.07, 6.45) is 2.93. The van der Waals surface area contributed by atoms with Crippen LogP contribution < -0.4 is 0 Å². The molecular weight excluding hydrogens is 272 g/mol. The molecule has 0 saturated carbocycles. The molecule has 108 valence electrons.